The van der Waals surface area contributed by atoms with Gasteiger partial charge < -0.3 is 11.1 Å². The number of hydrogen-bond donors (Lipinski definition) is 3. The van der Waals surface area contributed by atoms with Crippen LogP contribution >= 0.6 is 0 Å². The molecule has 11 heteroatoms. The van der Waals surface area contributed by atoms with Gasteiger partial charge in [-0.1, -0.05) is 12.1 Å². The number of carbonyl (C=O) groups excluding carboxylic acids is 2. The molecule has 0 aliphatic heterocycles. The molecular formula is C20H22F3N3O4S. The molecule has 0 aromatic heterocycles. The lowest BCUT2D eigenvalue weighted by atomic mass is 10.0. The van der Waals surface area contributed by atoms with Crippen LogP contribution < -0.4 is 15.8 Å². The smallest absolute Gasteiger partial charge is 0.366 e. The highest BCUT2D eigenvalue weighted by molar-refractivity contribution is 7.89. The first kappa shape index (κ1) is 24.4. The molecule has 2 aromatic rings. The standard InChI is InChI=1S/C20H22F3N3O4S/c1-19(2,3)25-18(28)16(12-4-8-14(9-5-12)20(21,22)23)26-31(29,30)15-10-6-13(7-11-15)17(24)27/h4-11,16,26H,1-3H3,(H2,24,27)(H,25,28). The van der Waals surface area contributed by atoms with Crippen molar-refractivity contribution in [3.63, 3.8) is 0 Å². The van der Waals surface area contributed by atoms with E-state index in [1.165, 1.54) is 12.1 Å². The minimum Gasteiger partial charge on any atom is -0.366 e. The van der Waals surface area contributed by atoms with Crippen LogP contribution in [0, 0.1) is 0 Å². The zero-order valence-corrected chi connectivity index (χ0v) is 17.8. The number of hydrogen-bond acceptors (Lipinski definition) is 4. The maximum absolute atomic E-state index is 12.9. The van der Waals surface area contributed by atoms with Gasteiger partial charge in [-0.2, -0.15) is 17.9 Å². The number of nitrogens with one attached hydrogen (secondary N) is 2. The van der Waals surface area contributed by atoms with E-state index in [9.17, 15) is 31.2 Å². The number of primary amides is 1. The van der Waals surface area contributed by atoms with Crippen molar-refractivity contribution in [1.29, 1.82) is 0 Å². The van der Waals surface area contributed by atoms with Crippen LogP contribution in [0.4, 0.5) is 13.2 Å². The van der Waals surface area contributed by atoms with Gasteiger partial charge in [0.05, 0.1) is 10.5 Å². The monoisotopic (exact) mass is 457 g/mol. The number of carbonyl (C=O) groups is 2. The first-order valence-corrected chi connectivity index (χ1v) is 10.5. The van der Waals surface area contributed by atoms with E-state index in [0.29, 0.717) is 0 Å². The van der Waals surface area contributed by atoms with E-state index >= 15 is 0 Å². The van der Waals surface area contributed by atoms with Crippen LogP contribution in [-0.2, 0) is 21.0 Å². The van der Waals surface area contributed by atoms with Crippen LogP contribution in [0.1, 0.15) is 48.3 Å². The van der Waals surface area contributed by atoms with Crippen LogP contribution in [0.2, 0.25) is 0 Å². The Labute approximate surface area is 177 Å². The fourth-order valence-corrected chi connectivity index (χ4v) is 3.78. The van der Waals surface area contributed by atoms with Gasteiger partial charge in [0, 0.05) is 11.1 Å². The molecule has 0 bridgehead atoms. The highest BCUT2D eigenvalue weighted by atomic mass is 32.2. The summed E-state index contributed by atoms with van der Waals surface area (Å²) < 4.78 is 66.4. The van der Waals surface area contributed by atoms with Gasteiger partial charge in [-0.3, -0.25) is 9.59 Å². The molecule has 2 rings (SSSR count). The molecule has 0 spiro atoms. The average molecular weight is 457 g/mol. The third-order valence-electron chi connectivity index (χ3n) is 4.05. The minimum atomic E-state index is -4.58. The Balaban J connectivity index is 2.42. The molecule has 4 N–H and O–H groups in total. The third-order valence-corrected chi connectivity index (χ3v) is 5.49. The topological polar surface area (TPSA) is 118 Å². The molecule has 0 fully saturated rings. The fourth-order valence-electron chi connectivity index (χ4n) is 2.60. The minimum absolute atomic E-state index is 0.0204. The second-order valence-corrected chi connectivity index (χ2v) is 9.52. The molecule has 0 aliphatic rings. The first-order valence-electron chi connectivity index (χ1n) is 9.01. The number of amides is 2. The van der Waals surface area contributed by atoms with E-state index in [0.717, 1.165) is 36.4 Å². The third kappa shape index (κ3) is 6.53. The van der Waals surface area contributed by atoms with Crippen LogP contribution in [0.15, 0.2) is 53.4 Å². The van der Waals surface area contributed by atoms with Gasteiger partial charge in [0.1, 0.15) is 6.04 Å². The van der Waals surface area contributed by atoms with Crippen molar-refractivity contribution in [2.75, 3.05) is 0 Å². The second-order valence-electron chi connectivity index (χ2n) is 7.80. The normalized spacial score (nSPS) is 13.5. The highest BCUT2D eigenvalue weighted by Gasteiger charge is 2.33. The lowest BCUT2D eigenvalue weighted by Crippen LogP contribution is -2.47. The summed E-state index contributed by atoms with van der Waals surface area (Å²) in [6.07, 6.45) is -4.58. The summed E-state index contributed by atoms with van der Waals surface area (Å²) in [6.45, 7) is 5.02. The first-order chi connectivity index (χ1) is 14.1. The summed E-state index contributed by atoms with van der Waals surface area (Å²) in [4.78, 5) is 23.7. The fraction of sp³-hybridized carbons (Fsp3) is 0.300. The predicted octanol–water partition coefficient (Wildman–Crippen LogP) is 2.74. The molecule has 31 heavy (non-hydrogen) atoms. The lowest BCUT2D eigenvalue weighted by Gasteiger charge is -2.26. The van der Waals surface area contributed by atoms with E-state index in [-0.39, 0.29) is 16.0 Å². The Morgan fingerprint density at radius 1 is 0.935 bits per heavy atom. The van der Waals surface area contributed by atoms with Crippen LogP contribution in [0.25, 0.3) is 0 Å². The SMILES string of the molecule is CC(C)(C)NC(=O)C(NS(=O)(=O)c1ccc(C(N)=O)cc1)c1ccc(C(F)(F)F)cc1. The maximum atomic E-state index is 12.9. The van der Waals surface area contributed by atoms with E-state index in [1.807, 2.05) is 0 Å². The second kappa shape index (κ2) is 8.67. The van der Waals surface area contributed by atoms with E-state index in [4.69, 9.17) is 5.73 Å². The highest BCUT2D eigenvalue weighted by Crippen LogP contribution is 2.30. The lowest BCUT2D eigenvalue weighted by molar-refractivity contribution is -0.137. The Kier molecular flexibility index (Phi) is 6.81. The maximum Gasteiger partial charge on any atom is 0.416 e. The molecule has 1 unspecified atom stereocenters. The molecule has 0 saturated heterocycles. The molecule has 0 heterocycles. The number of benzene rings is 2. The average Bonchev–Trinajstić information content (AvgIpc) is 2.64. The van der Waals surface area contributed by atoms with Crippen molar-refractivity contribution in [3.8, 4) is 0 Å². The number of sulfonamides is 1. The van der Waals surface area contributed by atoms with Gasteiger partial charge in [0.15, 0.2) is 0 Å². The summed E-state index contributed by atoms with van der Waals surface area (Å²) in [5.41, 5.74) is 3.58. The molecule has 0 aliphatic carbocycles. The molecule has 0 saturated carbocycles. The van der Waals surface area contributed by atoms with Crippen LogP contribution in [0.5, 0.6) is 0 Å². The summed E-state index contributed by atoms with van der Waals surface area (Å²) in [6, 6.07) is 6.79. The van der Waals surface area contributed by atoms with Crippen LogP contribution in [-0.4, -0.2) is 25.8 Å². The largest absolute Gasteiger partial charge is 0.416 e. The quantitative estimate of drug-likeness (QED) is 0.618. The van der Waals surface area contributed by atoms with Crippen LogP contribution in [0.3, 0.4) is 0 Å². The van der Waals surface area contributed by atoms with E-state index < -0.39 is 45.2 Å². The van der Waals surface area contributed by atoms with E-state index in [2.05, 4.69) is 10.0 Å². The molecule has 1 atom stereocenters. The van der Waals surface area contributed by atoms with Crippen molar-refractivity contribution >= 4 is 21.8 Å². The summed E-state index contributed by atoms with van der Waals surface area (Å²) in [5, 5.41) is 2.61. The zero-order chi connectivity index (χ0) is 23.6. The Morgan fingerprint density at radius 3 is 1.87 bits per heavy atom. The number of nitrogens with two attached hydrogens (primary N) is 1. The van der Waals surface area contributed by atoms with Crippen molar-refractivity contribution in [1.82, 2.24) is 10.0 Å². The van der Waals surface area contributed by atoms with Crippen molar-refractivity contribution < 1.29 is 31.2 Å². The van der Waals surface area contributed by atoms with Gasteiger partial charge in [0.2, 0.25) is 21.8 Å². The number of rotatable bonds is 6. The van der Waals surface area contributed by atoms with Gasteiger partial charge >= 0.3 is 6.18 Å². The summed E-state index contributed by atoms with van der Waals surface area (Å²) in [5.74, 6) is -1.49. The molecular weight excluding hydrogens is 435 g/mol. The summed E-state index contributed by atoms with van der Waals surface area (Å²) in [7, 11) is -4.27. The van der Waals surface area contributed by atoms with Gasteiger partial charge in [0.25, 0.3) is 0 Å². The Hall–Kier alpha value is -2.92. The van der Waals surface area contributed by atoms with Crippen molar-refractivity contribution in [3.05, 3.63) is 65.2 Å². The van der Waals surface area contributed by atoms with Crippen molar-refractivity contribution in [2.45, 2.75) is 43.4 Å². The molecule has 2 aromatic carbocycles. The molecule has 0 radical (unpaired) electrons. The Morgan fingerprint density at radius 2 is 1.45 bits per heavy atom. The molecule has 168 valence electrons. The number of halogens is 3. The van der Waals surface area contributed by atoms with Gasteiger partial charge in [-0.25, -0.2) is 8.42 Å². The molecule has 7 nitrogen and oxygen atoms in total. The van der Waals surface area contributed by atoms with E-state index in [1.54, 1.807) is 20.8 Å². The number of alkyl halides is 3. The summed E-state index contributed by atoms with van der Waals surface area (Å²) >= 11 is 0. The van der Waals surface area contributed by atoms with Gasteiger partial charge in [-0.05, 0) is 62.7 Å². The van der Waals surface area contributed by atoms with Gasteiger partial charge in [-0.15, -0.1) is 0 Å². The predicted molar refractivity (Wildman–Crippen MR) is 107 cm³/mol. The van der Waals surface area contributed by atoms with Crippen molar-refractivity contribution in [2.24, 2.45) is 5.73 Å². The molecule has 2 amide bonds. The zero-order valence-electron chi connectivity index (χ0n) is 16.9. The Bertz CT molecular complexity index is 1060.